The van der Waals surface area contributed by atoms with Gasteiger partial charge in [-0.25, -0.2) is 4.98 Å². The van der Waals surface area contributed by atoms with Gasteiger partial charge in [-0.1, -0.05) is 49.7 Å². The van der Waals surface area contributed by atoms with Crippen LogP contribution < -0.4 is 10.7 Å². The van der Waals surface area contributed by atoms with Crippen LogP contribution in [-0.2, 0) is 6.42 Å². The summed E-state index contributed by atoms with van der Waals surface area (Å²) >= 11 is 0. The molecule has 0 spiro atoms. The van der Waals surface area contributed by atoms with Crippen molar-refractivity contribution in [3.63, 3.8) is 0 Å². The minimum atomic E-state index is -0.0323. The summed E-state index contributed by atoms with van der Waals surface area (Å²) in [7, 11) is 0. The number of hydrogen-bond acceptors (Lipinski definition) is 3. The van der Waals surface area contributed by atoms with Crippen molar-refractivity contribution in [3.05, 3.63) is 94.8 Å². The van der Waals surface area contributed by atoms with Crippen LogP contribution in [0.1, 0.15) is 25.5 Å². The maximum Gasteiger partial charge on any atom is 0.193 e. The van der Waals surface area contributed by atoms with E-state index in [0.29, 0.717) is 16.9 Å². The Hall–Kier alpha value is -3.40. The van der Waals surface area contributed by atoms with Crippen LogP contribution in [0.5, 0.6) is 0 Å². The lowest BCUT2D eigenvalue weighted by molar-refractivity contribution is 0.778. The summed E-state index contributed by atoms with van der Waals surface area (Å²) in [4.78, 5) is 17.7. The van der Waals surface area contributed by atoms with E-state index in [-0.39, 0.29) is 5.43 Å². The van der Waals surface area contributed by atoms with Crippen molar-refractivity contribution in [1.29, 1.82) is 0 Å². The van der Waals surface area contributed by atoms with Crippen LogP contribution in [0.4, 0.5) is 11.5 Å². The molecule has 140 valence electrons. The Kier molecular flexibility index (Phi) is 5.20. The predicted molar refractivity (Wildman–Crippen MR) is 116 cm³/mol. The van der Waals surface area contributed by atoms with Gasteiger partial charge in [0.05, 0.1) is 5.39 Å². The number of aryl methyl sites for hydroxylation is 1. The van der Waals surface area contributed by atoms with Crippen LogP contribution >= 0.6 is 0 Å². The molecule has 0 amide bonds. The number of nitrogens with one attached hydrogen (secondary N) is 1. The number of para-hydroxylation sites is 2. The van der Waals surface area contributed by atoms with Gasteiger partial charge in [0.2, 0.25) is 0 Å². The molecule has 0 saturated carbocycles. The highest BCUT2D eigenvalue weighted by molar-refractivity contribution is 5.81. The largest absolute Gasteiger partial charge is 0.341 e. The Balaban J connectivity index is 1.95. The standard InChI is InChI=1S/C24H23N3O/c1-2-3-10-19-15-16-21-22(28)17-23(25-18-11-6-4-7-12-18)27(24(21)26-19)20-13-8-5-9-14-20/h4-9,11-17,25H,2-3,10H2,1H3. The van der Waals surface area contributed by atoms with E-state index in [1.807, 2.05) is 77.4 Å². The third kappa shape index (κ3) is 3.67. The molecule has 4 nitrogen and oxygen atoms in total. The van der Waals surface area contributed by atoms with E-state index in [4.69, 9.17) is 4.98 Å². The van der Waals surface area contributed by atoms with Crippen molar-refractivity contribution < 1.29 is 0 Å². The molecule has 2 aromatic heterocycles. The summed E-state index contributed by atoms with van der Waals surface area (Å²) in [6.45, 7) is 2.17. The number of nitrogens with zero attached hydrogens (tertiary/aromatic N) is 2. The number of anilines is 2. The summed E-state index contributed by atoms with van der Waals surface area (Å²) in [6.07, 6.45) is 3.10. The normalized spacial score (nSPS) is 10.9. The summed E-state index contributed by atoms with van der Waals surface area (Å²) in [6, 6.07) is 25.4. The molecule has 0 saturated heterocycles. The van der Waals surface area contributed by atoms with Gasteiger partial charge in [-0.3, -0.25) is 9.36 Å². The van der Waals surface area contributed by atoms with Gasteiger partial charge >= 0.3 is 0 Å². The maximum absolute atomic E-state index is 12.8. The molecule has 4 rings (SSSR count). The topological polar surface area (TPSA) is 46.9 Å². The van der Waals surface area contributed by atoms with Crippen molar-refractivity contribution in [2.45, 2.75) is 26.2 Å². The lowest BCUT2D eigenvalue weighted by atomic mass is 10.1. The SMILES string of the molecule is CCCCc1ccc2c(=O)cc(Nc3ccccc3)n(-c3ccccc3)c2n1. The van der Waals surface area contributed by atoms with Crippen molar-refractivity contribution >= 4 is 22.5 Å². The molecule has 2 aromatic carbocycles. The smallest absolute Gasteiger partial charge is 0.193 e. The first-order chi connectivity index (χ1) is 13.8. The molecule has 4 aromatic rings. The first-order valence-corrected chi connectivity index (χ1v) is 9.69. The van der Waals surface area contributed by atoms with Crippen molar-refractivity contribution in [3.8, 4) is 5.69 Å². The monoisotopic (exact) mass is 369 g/mol. The summed E-state index contributed by atoms with van der Waals surface area (Å²) in [5.41, 5.74) is 3.55. The van der Waals surface area contributed by atoms with Gasteiger partial charge in [-0.05, 0) is 49.2 Å². The Morgan fingerprint density at radius 3 is 2.36 bits per heavy atom. The zero-order valence-corrected chi connectivity index (χ0v) is 15.9. The van der Waals surface area contributed by atoms with E-state index in [0.717, 1.165) is 36.3 Å². The second kappa shape index (κ2) is 8.09. The van der Waals surface area contributed by atoms with Gasteiger partial charge in [-0.2, -0.15) is 0 Å². The van der Waals surface area contributed by atoms with E-state index < -0.39 is 0 Å². The quantitative estimate of drug-likeness (QED) is 0.490. The fraction of sp³-hybridized carbons (Fsp3) is 0.167. The molecule has 2 heterocycles. The molecule has 0 aliphatic rings. The lowest BCUT2D eigenvalue weighted by Crippen LogP contribution is -2.14. The minimum absolute atomic E-state index is 0.0323. The van der Waals surface area contributed by atoms with Crippen LogP contribution in [0.2, 0.25) is 0 Å². The molecular weight excluding hydrogens is 346 g/mol. The highest BCUT2D eigenvalue weighted by atomic mass is 16.1. The Labute approximate surface area is 164 Å². The van der Waals surface area contributed by atoms with E-state index in [9.17, 15) is 4.79 Å². The first kappa shape index (κ1) is 18.0. The maximum atomic E-state index is 12.8. The Morgan fingerprint density at radius 2 is 1.64 bits per heavy atom. The van der Waals surface area contributed by atoms with E-state index in [2.05, 4.69) is 12.2 Å². The molecule has 0 aliphatic carbocycles. The summed E-state index contributed by atoms with van der Waals surface area (Å²) in [5.74, 6) is 0.704. The Bertz CT molecular complexity index is 1140. The number of fused-ring (bicyclic) bond motifs is 1. The van der Waals surface area contributed by atoms with Gasteiger partial charge in [0.25, 0.3) is 0 Å². The molecule has 0 bridgehead atoms. The van der Waals surface area contributed by atoms with Crippen LogP contribution in [0.15, 0.2) is 83.7 Å². The minimum Gasteiger partial charge on any atom is -0.341 e. The molecule has 0 unspecified atom stereocenters. The third-order valence-electron chi connectivity index (χ3n) is 4.77. The van der Waals surface area contributed by atoms with Crippen LogP contribution in [0.25, 0.3) is 16.7 Å². The molecular formula is C24H23N3O. The molecule has 1 N–H and O–H groups in total. The fourth-order valence-electron chi connectivity index (χ4n) is 3.33. The zero-order valence-electron chi connectivity index (χ0n) is 15.9. The number of hydrogen-bond donors (Lipinski definition) is 1. The average Bonchev–Trinajstić information content (AvgIpc) is 2.73. The number of benzene rings is 2. The molecule has 4 heteroatoms. The summed E-state index contributed by atoms with van der Waals surface area (Å²) in [5, 5.41) is 4.02. The van der Waals surface area contributed by atoms with Gasteiger partial charge in [-0.15, -0.1) is 0 Å². The molecule has 0 fully saturated rings. The van der Waals surface area contributed by atoms with Crippen LogP contribution in [-0.4, -0.2) is 9.55 Å². The fourth-order valence-corrected chi connectivity index (χ4v) is 3.33. The molecule has 0 aliphatic heterocycles. The number of rotatable bonds is 6. The van der Waals surface area contributed by atoms with Gasteiger partial charge in [0, 0.05) is 23.1 Å². The molecule has 28 heavy (non-hydrogen) atoms. The zero-order chi connectivity index (χ0) is 19.3. The number of unbranched alkanes of at least 4 members (excludes halogenated alkanes) is 1. The second-order valence-corrected chi connectivity index (χ2v) is 6.83. The highest BCUT2D eigenvalue weighted by Crippen LogP contribution is 2.24. The second-order valence-electron chi connectivity index (χ2n) is 6.83. The Morgan fingerprint density at radius 1 is 0.929 bits per heavy atom. The molecule has 0 radical (unpaired) electrons. The lowest BCUT2D eigenvalue weighted by Gasteiger charge is -2.18. The summed E-state index contributed by atoms with van der Waals surface area (Å²) < 4.78 is 2.03. The first-order valence-electron chi connectivity index (χ1n) is 9.69. The van der Waals surface area contributed by atoms with E-state index in [1.54, 1.807) is 6.07 Å². The van der Waals surface area contributed by atoms with Gasteiger partial charge < -0.3 is 5.32 Å². The predicted octanol–water partition coefficient (Wildman–Crippen LogP) is 5.47. The highest BCUT2D eigenvalue weighted by Gasteiger charge is 2.13. The van der Waals surface area contributed by atoms with Gasteiger partial charge in [0.15, 0.2) is 5.43 Å². The van der Waals surface area contributed by atoms with Crippen molar-refractivity contribution in [2.75, 3.05) is 5.32 Å². The third-order valence-corrected chi connectivity index (χ3v) is 4.77. The van der Waals surface area contributed by atoms with Crippen molar-refractivity contribution in [2.24, 2.45) is 0 Å². The van der Waals surface area contributed by atoms with Crippen molar-refractivity contribution in [1.82, 2.24) is 9.55 Å². The van der Waals surface area contributed by atoms with E-state index >= 15 is 0 Å². The molecule has 0 atom stereocenters. The number of aromatic nitrogens is 2. The average molecular weight is 369 g/mol. The van der Waals surface area contributed by atoms with E-state index in [1.165, 1.54) is 0 Å². The van der Waals surface area contributed by atoms with Gasteiger partial charge in [0.1, 0.15) is 11.5 Å². The van der Waals surface area contributed by atoms with Crippen LogP contribution in [0.3, 0.4) is 0 Å². The van der Waals surface area contributed by atoms with Crippen LogP contribution in [0, 0.1) is 0 Å². The number of pyridine rings is 2.